The number of carbonyl (C=O) groups is 1. The summed E-state index contributed by atoms with van der Waals surface area (Å²) in [4.78, 5) is 28.8. The average molecular weight is 323 g/mol. The molecule has 0 aliphatic carbocycles. The average Bonchev–Trinajstić information content (AvgIpc) is 2.38. The Morgan fingerprint density at radius 3 is 2.79 bits per heavy atom. The molecule has 0 radical (unpaired) electrons. The molecule has 0 unspecified atom stereocenters. The van der Waals surface area contributed by atoms with Gasteiger partial charge in [0, 0.05) is 35.0 Å². The van der Waals surface area contributed by atoms with Crippen molar-refractivity contribution in [1.29, 1.82) is 0 Å². The molecule has 1 aromatic heterocycles. The summed E-state index contributed by atoms with van der Waals surface area (Å²) in [5.74, 6) is -0.163. The van der Waals surface area contributed by atoms with Gasteiger partial charge in [-0.05, 0) is 24.6 Å². The van der Waals surface area contributed by atoms with E-state index >= 15 is 0 Å². The Balaban J connectivity index is 2.49. The van der Waals surface area contributed by atoms with Crippen LogP contribution >= 0.6 is 15.9 Å². The molecule has 1 heterocycles. The number of aromatic amines is 1. The molecule has 0 fully saturated rings. The van der Waals surface area contributed by atoms with Crippen molar-refractivity contribution in [2.45, 2.75) is 13.3 Å². The van der Waals surface area contributed by atoms with Gasteiger partial charge in [0.25, 0.3) is 5.91 Å². The van der Waals surface area contributed by atoms with E-state index in [0.29, 0.717) is 23.1 Å². The van der Waals surface area contributed by atoms with Crippen LogP contribution in [0.25, 0.3) is 10.9 Å². The van der Waals surface area contributed by atoms with E-state index in [1.165, 1.54) is 6.07 Å². The van der Waals surface area contributed by atoms with Gasteiger partial charge in [-0.2, -0.15) is 0 Å². The van der Waals surface area contributed by atoms with Crippen molar-refractivity contribution in [3.05, 3.63) is 44.7 Å². The van der Waals surface area contributed by atoms with Gasteiger partial charge in [-0.15, -0.1) is 0 Å². The third kappa shape index (κ3) is 2.87. The number of benzene rings is 1. The third-order valence-corrected chi connectivity index (χ3v) is 3.42. The summed E-state index contributed by atoms with van der Waals surface area (Å²) in [6.45, 7) is 2.67. The Hall–Kier alpha value is -1.62. The highest BCUT2D eigenvalue weighted by molar-refractivity contribution is 9.10. The van der Waals surface area contributed by atoms with Crippen LogP contribution in [-0.2, 0) is 0 Å². The van der Waals surface area contributed by atoms with E-state index in [1.807, 2.05) is 13.0 Å². The number of aromatic nitrogens is 1. The summed E-state index contributed by atoms with van der Waals surface area (Å²) in [6.07, 6.45) is 0.882. The summed E-state index contributed by atoms with van der Waals surface area (Å²) in [6, 6.07) is 6.74. The predicted molar refractivity (Wildman–Crippen MR) is 79.5 cm³/mol. The maximum absolute atomic E-state index is 12.1. The zero-order valence-corrected chi connectivity index (χ0v) is 12.5. The van der Waals surface area contributed by atoms with Crippen LogP contribution in [0.1, 0.15) is 23.8 Å². The van der Waals surface area contributed by atoms with Crippen LogP contribution in [0.4, 0.5) is 0 Å². The molecule has 2 aromatic rings. The summed E-state index contributed by atoms with van der Waals surface area (Å²) in [5, 5.41) is 0.573. The molecule has 0 bridgehead atoms. The van der Waals surface area contributed by atoms with Gasteiger partial charge in [-0.3, -0.25) is 9.59 Å². The first kappa shape index (κ1) is 13.8. The summed E-state index contributed by atoms with van der Waals surface area (Å²) in [5.41, 5.74) is 0.850. The molecular weight excluding hydrogens is 308 g/mol. The lowest BCUT2D eigenvalue weighted by Crippen LogP contribution is -2.29. The van der Waals surface area contributed by atoms with Crippen molar-refractivity contribution in [2.75, 3.05) is 13.6 Å². The Kier molecular flexibility index (Phi) is 4.04. The summed E-state index contributed by atoms with van der Waals surface area (Å²) in [7, 11) is 1.73. The molecule has 0 aliphatic heterocycles. The van der Waals surface area contributed by atoms with Gasteiger partial charge in [0.2, 0.25) is 0 Å². The minimum atomic E-state index is -0.163. The minimum Gasteiger partial charge on any atom is -0.350 e. The van der Waals surface area contributed by atoms with E-state index in [0.717, 1.165) is 10.9 Å². The number of hydrogen-bond acceptors (Lipinski definition) is 2. The van der Waals surface area contributed by atoms with Gasteiger partial charge < -0.3 is 9.88 Å². The molecule has 1 N–H and O–H groups in total. The molecular formula is C14H15BrN2O2. The highest BCUT2D eigenvalue weighted by Gasteiger charge is 2.13. The fraction of sp³-hybridized carbons (Fsp3) is 0.286. The molecule has 0 spiro atoms. The number of amides is 1. The van der Waals surface area contributed by atoms with Gasteiger partial charge in [0.1, 0.15) is 5.69 Å². The van der Waals surface area contributed by atoms with Crippen molar-refractivity contribution >= 4 is 32.7 Å². The molecule has 1 aromatic carbocycles. The number of pyridine rings is 1. The van der Waals surface area contributed by atoms with Gasteiger partial charge in [0.15, 0.2) is 5.43 Å². The maximum Gasteiger partial charge on any atom is 0.270 e. The van der Waals surface area contributed by atoms with Gasteiger partial charge in [0.05, 0.1) is 0 Å². The highest BCUT2D eigenvalue weighted by atomic mass is 79.9. The number of nitrogens with zero attached hydrogens (tertiary/aromatic N) is 1. The van der Waals surface area contributed by atoms with E-state index in [4.69, 9.17) is 0 Å². The molecule has 2 rings (SSSR count). The molecule has 1 amide bonds. The number of H-pyrrole nitrogens is 1. The molecule has 4 nitrogen and oxygen atoms in total. The first-order valence-electron chi connectivity index (χ1n) is 6.11. The van der Waals surface area contributed by atoms with Crippen LogP contribution in [0.5, 0.6) is 0 Å². The maximum atomic E-state index is 12.1. The number of carbonyl (C=O) groups excluding carboxylic acids is 1. The molecule has 0 saturated carbocycles. The van der Waals surface area contributed by atoms with E-state index in [1.54, 1.807) is 24.1 Å². The van der Waals surface area contributed by atoms with E-state index in [-0.39, 0.29) is 11.3 Å². The van der Waals surface area contributed by atoms with Gasteiger partial charge in [-0.25, -0.2) is 0 Å². The second-order valence-electron chi connectivity index (χ2n) is 4.46. The molecule has 100 valence electrons. The number of hydrogen-bond donors (Lipinski definition) is 1. The van der Waals surface area contributed by atoms with E-state index in [2.05, 4.69) is 20.9 Å². The van der Waals surface area contributed by atoms with Crippen LogP contribution in [-0.4, -0.2) is 29.4 Å². The number of fused-ring (bicyclic) bond motifs is 1. The normalized spacial score (nSPS) is 10.7. The van der Waals surface area contributed by atoms with Gasteiger partial charge >= 0.3 is 0 Å². The van der Waals surface area contributed by atoms with Crippen molar-refractivity contribution < 1.29 is 4.79 Å². The third-order valence-electron chi connectivity index (χ3n) is 2.93. The number of halogens is 1. The van der Waals surface area contributed by atoms with Crippen molar-refractivity contribution in [3.63, 3.8) is 0 Å². The second-order valence-corrected chi connectivity index (χ2v) is 5.38. The molecule has 0 aliphatic rings. The fourth-order valence-electron chi connectivity index (χ4n) is 1.98. The topological polar surface area (TPSA) is 53.2 Å². The van der Waals surface area contributed by atoms with Crippen LogP contribution in [0.3, 0.4) is 0 Å². The SMILES string of the molecule is CCCN(C)C(=O)c1cc(=O)c2cc(Br)ccc2[nH]1. The lowest BCUT2D eigenvalue weighted by molar-refractivity contribution is 0.0789. The molecule has 5 heteroatoms. The zero-order valence-electron chi connectivity index (χ0n) is 10.9. The van der Waals surface area contributed by atoms with Crippen LogP contribution in [0.15, 0.2) is 33.5 Å². The smallest absolute Gasteiger partial charge is 0.270 e. The Morgan fingerprint density at radius 2 is 2.11 bits per heavy atom. The van der Waals surface area contributed by atoms with Crippen molar-refractivity contribution in [3.8, 4) is 0 Å². The summed E-state index contributed by atoms with van der Waals surface area (Å²) < 4.78 is 0.840. The Morgan fingerprint density at radius 1 is 1.37 bits per heavy atom. The predicted octanol–water partition coefficient (Wildman–Crippen LogP) is 2.77. The monoisotopic (exact) mass is 322 g/mol. The standard InChI is InChI=1S/C14H15BrN2O2/c1-3-6-17(2)14(19)12-8-13(18)10-7-9(15)4-5-11(10)16-12/h4-5,7-8H,3,6H2,1-2H3,(H,16,18). The van der Waals surface area contributed by atoms with Crippen LogP contribution in [0, 0.1) is 0 Å². The minimum absolute atomic E-state index is 0.150. The van der Waals surface area contributed by atoms with E-state index < -0.39 is 0 Å². The zero-order chi connectivity index (χ0) is 14.0. The van der Waals surface area contributed by atoms with Crippen molar-refractivity contribution in [2.24, 2.45) is 0 Å². The molecule has 0 saturated heterocycles. The largest absolute Gasteiger partial charge is 0.350 e. The lowest BCUT2D eigenvalue weighted by atomic mass is 10.2. The lowest BCUT2D eigenvalue weighted by Gasteiger charge is -2.16. The summed E-state index contributed by atoms with van der Waals surface area (Å²) >= 11 is 3.33. The first-order chi connectivity index (χ1) is 9.02. The Labute approximate surface area is 119 Å². The molecule has 0 atom stereocenters. The number of rotatable bonds is 3. The highest BCUT2D eigenvalue weighted by Crippen LogP contribution is 2.16. The van der Waals surface area contributed by atoms with Crippen molar-refractivity contribution in [1.82, 2.24) is 9.88 Å². The fourth-order valence-corrected chi connectivity index (χ4v) is 2.34. The van der Waals surface area contributed by atoms with Crippen LogP contribution in [0.2, 0.25) is 0 Å². The quantitative estimate of drug-likeness (QED) is 0.944. The Bertz CT molecular complexity index is 679. The number of nitrogens with one attached hydrogen (secondary N) is 1. The molecule has 19 heavy (non-hydrogen) atoms. The van der Waals surface area contributed by atoms with Gasteiger partial charge in [-0.1, -0.05) is 22.9 Å². The second kappa shape index (κ2) is 5.57. The van der Waals surface area contributed by atoms with Crippen LogP contribution < -0.4 is 5.43 Å². The van der Waals surface area contributed by atoms with E-state index in [9.17, 15) is 9.59 Å². The first-order valence-corrected chi connectivity index (χ1v) is 6.90.